The van der Waals surface area contributed by atoms with Crippen LogP contribution >= 0.6 is 0 Å². The summed E-state index contributed by atoms with van der Waals surface area (Å²) in [6.07, 6.45) is 2.24. The molecule has 0 saturated carbocycles. The lowest BCUT2D eigenvalue weighted by molar-refractivity contribution is 0.281. The van der Waals surface area contributed by atoms with Crippen molar-refractivity contribution in [1.82, 2.24) is 24.6 Å². The molecule has 4 aromatic rings. The van der Waals surface area contributed by atoms with E-state index in [2.05, 4.69) is 20.7 Å². The summed E-state index contributed by atoms with van der Waals surface area (Å²) < 4.78 is 17.6. The number of nitrogens with one attached hydrogen (secondary N) is 2. The lowest BCUT2D eigenvalue weighted by Crippen LogP contribution is -2.43. The number of aliphatic hydroxyl groups is 1. The monoisotopic (exact) mass is 507 g/mol. The van der Waals surface area contributed by atoms with Gasteiger partial charge in [0.1, 0.15) is 12.1 Å². The average molecular weight is 508 g/mol. The standard InChI is InChI=1S/C26H30FN7O3/c1-26(2,3)15-9-14-11-30-34(23(36)21(14)18(27)10-15)20-8-6-7-16(17(20)13-35)19-12-33(5)24(37)22(31-19)32-25(28)29-4/h6-12,25,29,35H,13,28H2,1-5H3,(H,31,32)/t25-/m1/s1. The summed E-state index contributed by atoms with van der Waals surface area (Å²) in [7, 11) is 3.19. The fourth-order valence-electron chi connectivity index (χ4n) is 4.07. The Hall–Kier alpha value is -3.93. The molecule has 37 heavy (non-hydrogen) atoms. The Morgan fingerprint density at radius 2 is 1.92 bits per heavy atom. The SMILES string of the molecule is CN[C@@H](N)Nc1nc(-c2cccc(-n3ncc4cc(C(C)(C)C)cc(F)c4c3=O)c2CO)cn(C)c1=O. The van der Waals surface area contributed by atoms with E-state index in [1.54, 1.807) is 38.4 Å². The zero-order valence-corrected chi connectivity index (χ0v) is 21.3. The molecule has 0 aliphatic rings. The summed E-state index contributed by atoms with van der Waals surface area (Å²) >= 11 is 0. The average Bonchev–Trinajstić information content (AvgIpc) is 2.85. The molecule has 1 atom stereocenters. The van der Waals surface area contributed by atoms with Crippen LogP contribution in [0.1, 0.15) is 31.9 Å². The van der Waals surface area contributed by atoms with Crippen molar-refractivity contribution in [3.05, 3.63) is 80.4 Å². The lowest BCUT2D eigenvalue weighted by Gasteiger charge is -2.20. The Balaban J connectivity index is 1.91. The van der Waals surface area contributed by atoms with Crippen molar-refractivity contribution in [3.63, 3.8) is 0 Å². The third-order valence-electron chi connectivity index (χ3n) is 6.19. The van der Waals surface area contributed by atoms with Gasteiger partial charge in [-0.15, -0.1) is 0 Å². The molecule has 11 heteroatoms. The number of rotatable bonds is 6. The third kappa shape index (κ3) is 4.88. The molecule has 0 radical (unpaired) electrons. The number of aryl methyl sites for hydroxylation is 1. The van der Waals surface area contributed by atoms with E-state index in [4.69, 9.17) is 5.73 Å². The van der Waals surface area contributed by atoms with Gasteiger partial charge in [0.2, 0.25) is 0 Å². The van der Waals surface area contributed by atoms with Crippen LogP contribution in [0.3, 0.4) is 0 Å². The summed E-state index contributed by atoms with van der Waals surface area (Å²) in [6.45, 7) is 5.42. The van der Waals surface area contributed by atoms with E-state index in [9.17, 15) is 14.7 Å². The van der Waals surface area contributed by atoms with Gasteiger partial charge in [-0.3, -0.25) is 20.6 Å². The fraction of sp³-hybridized carbons (Fsp3) is 0.308. The van der Waals surface area contributed by atoms with Gasteiger partial charge in [-0.05, 0) is 36.2 Å². The van der Waals surface area contributed by atoms with E-state index in [0.29, 0.717) is 22.2 Å². The van der Waals surface area contributed by atoms with E-state index in [-0.39, 0.29) is 22.3 Å². The maximum absolute atomic E-state index is 15.2. The number of benzene rings is 2. The zero-order valence-electron chi connectivity index (χ0n) is 21.3. The van der Waals surface area contributed by atoms with Gasteiger partial charge in [-0.1, -0.05) is 32.9 Å². The second-order valence-corrected chi connectivity index (χ2v) is 9.80. The first-order valence-corrected chi connectivity index (χ1v) is 11.7. The van der Waals surface area contributed by atoms with Crippen LogP contribution in [-0.4, -0.2) is 37.8 Å². The fourth-order valence-corrected chi connectivity index (χ4v) is 4.07. The van der Waals surface area contributed by atoms with Crippen molar-refractivity contribution >= 4 is 16.6 Å². The van der Waals surface area contributed by atoms with E-state index in [1.807, 2.05) is 20.8 Å². The highest BCUT2D eigenvalue weighted by atomic mass is 19.1. The molecular formula is C26H30FN7O3. The number of hydrogen-bond donors (Lipinski definition) is 4. The Morgan fingerprint density at radius 3 is 2.57 bits per heavy atom. The van der Waals surface area contributed by atoms with Crippen molar-refractivity contribution in [1.29, 1.82) is 0 Å². The second kappa shape index (κ2) is 9.85. The third-order valence-corrected chi connectivity index (χ3v) is 6.19. The molecule has 194 valence electrons. The molecule has 0 saturated heterocycles. The van der Waals surface area contributed by atoms with Crippen LogP contribution in [0.15, 0.2) is 52.3 Å². The summed E-state index contributed by atoms with van der Waals surface area (Å²) in [6, 6.07) is 8.11. The van der Waals surface area contributed by atoms with Gasteiger partial charge in [0, 0.05) is 29.8 Å². The van der Waals surface area contributed by atoms with Crippen LogP contribution in [0.2, 0.25) is 0 Å². The normalized spacial score (nSPS) is 12.6. The van der Waals surface area contributed by atoms with Crippen molar-refractivity contribution in [2.75, 3.05) is 12.4 Å². The molecule has 0 fully saturated rings. The van der Waals surface area contributed by atoms with Crippen molar-refractivity contribution in [2.24, 2.45) is 12.8 Å². The first kappa shape index (κ1) is 26.1. The minimum atomic E-state index is -0.715. The summed E-state index contributed by atoms with van der Waals surface area (Å²) in [4.78, 5) is 30.4. The minimum absolute atomic E-state index is 0.00821. The highest BCUT2D eigenvalue weighted by Crippen LogP contribution is 2.29. The molecule has 2 heterocycles. The van der Waals surface area contributed by atoms with Crippen LogP contribution in [0, 0.1) is 5.82 Å². The highest BCUT2D eigenvalue weighted by Gasteiger charge is 2.21. The van der Waals surface area contributed by atoms with Gasteiger partial charge in [-0.2, -0.15) is 9.78 Å². The Morgan fingerprint density at radius 1 is 1.19 bits per heavy atom. The molecule has 0 aliphatic heterocycles. The first-order valence-electron chi connectivity index (χ1n) is 11.7. The predicted molar refractivity (Wildman–Crippen MR) is 141 cm³/mol. The summed E-state index contributed by atoms with van der Waals surface area (Å²) in [5.74, 6) is -0.629. The number of halogens is 1. The Labute approximate surface area is 212 Å². The van der Waals surface area contributed by atoms with Crippen molar-refractivity contribution in [3.8, 4) is 16.9 Å². The van der Waals surface area contributed by atoms with Crippen LogP contribution < -0.4 is 27.5 Å². The van der Waals surface area contributed by atoms with Crippen molar-refractivity contribution < 1.29 is 9.50 Å². The first-order chi connectivity index (χ1) is 17.5. The Bertz CT molecular complexity index is 1610. The molecule has 2 aromatic carbocycles. The quantitative estimate of drug-likeness (QED) is 0.290. The molecule has 0 spiro atoms. The van der Waals surface area contributed by atoms with Gasteiger partial charge >= 0.3 is 0 Å². The largest absolute Gasteiger partial charge is 0.392 e. The number of aromatic nitrogens is 4. The molecule has 0 aliphatic carbocycles. The number of aliphatic hydroxyl groups excluding tert-OH is 1. The molecule has 10 nitrogen and oxygen atoms in total. The highest BCUT2D eigenvalue weighted by molar-refractivity contribution is 5.83. The topological polar surface area (TPSA) is 140 Å². The maximum atomic E-state index is 15.2. The lowest BCUT2D eigenvalue weighted by atomic mass is 9.86. The second-order valence-electron chi connectivity index (χ2n) is 9.80. The molecule has 5 N–H and O–H groups in total. The minimum Gasteiger partial charge on any atom is -0.392 e. The van der Waals surface area contributed by atoms with E-state index in [1.165, 1.54) is 23.0 Å². The van der Waals surface area contributed by atoms with Crippen molar-refractivity contribution in [2.45, 2.75) is 39.1 Å². The number of fused-ring (bicyclic) bond motifs is 1. The van der Waals surface area contributed by atoms with E-state index >= 15 is 4.39 Å². The van der Waals surface area contributed by atoms with Gasteiger partial charge in [0.25, 0.3) is 11.1 Å². The number of hydrogen-bond acceptors (Lipinski definition) is 8. The van der Waals surface area contributed by atoms with Gasteiger partial charge in [-0.25, -0.2) is 9.37 Å². The molecule has 0 bridgehead atoms. The van der Waals surface area contributed by atoms with Gasteiger partial charge in [0.05, 0.1) is 29.6 Å². The maximum Gasteiger partial charge on any atom is 0.293 e. The van der Waals surface area contributed by atoms with E-state index in [0.717, 1.165) is 10.2 Å². The molecule has 4 rings (SSSR count). The predicted octanol–water partition coefficient (Wildman–Crippen LogP) is 1.95. The van der Waals surface area contributed by atoms with Gasteiger partial charge < -0.3 is 15.0 Å². The van der Waals surface area contributed by atoms with Crippen LogP contribution in [0.5, 0.6) is 0 Å². The molecular weight excluding hydrogens is 477 g/mol. The smallest absolute Gasteiger partial charge is 0.293 e. The number of nitrogens with two attached hydrogens (primary N) is 1. The summed E-state index contributed by atoms with van der Waals surface area (Å²) in [5.41, 5.74) is 6.66. The van der Waals surface area contributed by atoms with Crippen LogP contribution in [0.25, 0.3) is 27.7 Å². The summed E-state index contributed by atoms with van der Waals surface area (Å²) in [5, 5.41) is 20.5. The number of nitrogens with zero attached hydrogens (tertiary/aromatic N) is 4. The van der Waals surface area contributed by atoms with Crippen LogP contribution in [0.4, 0.5) is 10.2 Å². The zero-order chi connectivity index (χ0) is 27.1. The number of anilines is 1. The molecule has 0 amide bonds. The van der Waals surface area contributed by atoms with Gasteiger partial charge in [0.15, 0.2) is 5.82 Å². The molecule has 0 unspecified atom stereocenters. The van der Waals surface area contributed by atoms with Crippen LogP contribution in [-0.2, 0) is 19.1 Å². The van der Waals surface area contributed by atoms with E-state index < -0.39 is 29.8 Å². The Kier molecular flexibility index (Phi) is 6.96. The molecule has 2 aromatic heterocycles.